The van der Waals surface area contributed by atoms with E-state index in [2.05, 4.69) is 5.32 Å². The maximum Gasteiger partial charge on any atom is 0.251 e. The number of hydrogen-bond acceptors (Lipinski definition) is 2. The van der Waals surface area contributed by atoms with Crippen molar-refractivity contribution in [1.82, 2.24) is 5.32 Å². The minimum absolute atomic E-state index is 0.0688. The van der Waals surface area contributed by atoms with E-state index >= 15 is 0 Å². The Morgan fingerprint density at radius 2 is 1.81 bits per heavy atom. The van der Waals surface area contributed by atoms with Crippen LogP contribution < -0.4 is 5.32 Å². The van der Waals surface area contributed by atoms with Gasteiger partial charge in [0.2, 0.25) is 0 Å². The Labute approximate surface area is 95.9 Å². The molecule has 0 unspecified atom stereocenters. The Morgan fingerprint density at radius 3 is 2.38 bits per heavy atom. The van der Waals surface area contributed by atoms with Crippen molar-refractivity contribution < 1.29 is 9.59 Å². The Morgan fingerprint density at radius 1 is 1.19 bits per heavy atom. The summed E-state index contributed by atoms with van der Waals surface area (Å²) in [4.78, 5) is 22.9. The summed E-state index contributed by atoms with van der Waals surface area (Å²) in [6.45, 7) is 4.08. The number of carbonyl (C=O) groups is 2. The van der Waals surface area contributed by atoms with Gasteiger partial charge in [-0.2, -0.15) is 0 Å². The van der Waals surface area contributed by atoms with E-state index in [-0.39, 0.29) is 18.2 Å². The quantitative estimate of drug-likeness (QED) is 0.823. The lowest BCUT2D eigenvalue weighted by molar-refractivity contribution is -0.118. The van der Waals surface area contributed by atoms with Crippen molar-refractivity contribution in [1.29, 1.82) is 0 Å². The van der Waals surface area contributed by atoms with Crippen molar-refractivity contribution in [2.45, 2.75) is 20.3 Å². The summed E-state index contributed by atoms with van der Waals surface area (Å²) in [5.41, 5.74) is 0.583. The van der Waals surface area contributed by atoms with Gasteiger partial charge in [0.15, 0.2) is 5.78 Å². The lowest BCUT2D eigenvalue weighted by atomic mass is 10.1. The molecule has 1 aromatic rings. The summed E-state index contributed by atoms with van der Waals surface area (Å²) in [7, 11) is 0. The third kappa shape index (κ3) is 4.26. The van der Waals surface area contributed by atoms with Crippen LogP contribution in [0.3, 0.4) is 0 Å². The highest BCUT2D eigenvalue weighted by molar-refractivity contribution is 5.96. The average molecular weight is 219 g/mol. The summed E-state index contributed by atoms with van der Waals surface area (Å²) in [5, 5.41) is 2.62. The first-order valence-corrected chi connectivity index (χ1v) is 5.44. The number of amides is 1. The van der Waals surface area contributed by atoms with E-state index in [1.807, 2.05) is 19.9 Å². The van der Waals surface area contributed by atoms with Crippen molar-refractivity contribution in [2.24, 2.45) is 5.92 Å². The molecule has 1 rings (SSSR count). The second-order valence-electron chi connectivity index (χ2n) is 4.19. The highest BCUT2D eigenvalue weighted by Crippen LogP contribution is 2.00. The van der Waals surface area contributed by atoms with Crippen LogP contribution in [-0.2, 0) is 4.79 Å². The molecule has 0 radical (unpaired) electrons. The fraction of sp³-hybridized carbons (Fsp3) is 0.385. The molecule has 0 atom stereocenters. The Balaban J connectivity index is 2.39. The minimum atomic E-state index is -0.197. The second kappa shape index (κ2) is 6.05. The number of nitrogens with one attached hydrogen (secondary N) is 1. The Hall–Kier alpha value is -1.64. The Kier molecular flexibility index (Phi) is 4.70. The first-order chi connectivity index (χ1) is 7.59. The molecule has 16 heavy (non-hydrogen) atoms. The number of rotatable bonds is 5. The summed E-state index contributed by atoms with van der Waals surface area (Å²) in [5.74, 6) is 0.207. The van der Waals surface area contributed by atoms with Gasteiger partial charge in [0.05, 0.1) is 6.54 Å². The van der Waals surface area contributed by atoms with E-state index in [0.717, 1.165) is 0 Å². The molecule has 0 aliphatic heterocycles. The SMILES string of the molecule is CC(C)CC(=O)CNC(=O)c1ccccc1. The zero-order valence-electron chi connectivity index (χ0n) is 9.69. The normalized spacial score (nSPS) is 10.2. The van der Waals surface area contributed by atoms with Gasteiger partial charge in [-0.3, -0.25) is 9.59 Å². The maximum atomic E-state index is 11.6. The van der Waals surface area contributed by atoms with Crippen LogP contribution in [0.15, 0.2) is 30.3 Å². The van der Waals surface area contributed by atoms with Crippen molar-refractivity contribution in [3.63, 3.8) is 0 Å². The molecule has 86 valence electrons. The van der Waals surface area contributed by atoms with Crippen LogP contribution in [0.1, 0.15) is 30.6 Å². The van der Waals surface area contributed by atoms with Crippen LogP contribution in [0.2, 0.25) is 0 Å². The van der Waals surface area contributed by atoms with Crippen LogP contribution in [0.4, 0.5) is 0 Å². The predicted octanol–water partition coefficient (Wildman–Crippen LogP) is 2.03. The van der Waals surface area contributed by atoms with Crippen LogP contribution in [0, 0.1) is 5.92 Å². The van der Waals surface area contributed by atoms with Crippen molar-refractivity contribution >= 4 is 11.7 Å². The third-order valence-electron chi connectivity index (χ3n) is 2.12. The molecule has 1 N–H and O–H groups in total. The monoisotopic (exact) mass is 219 g/mol. The average Bonchev–Trinajstić information content (AvgIpc) is 2.26. The standard InChI is InChI=1S/C13H17NO2/c1-10(2)8-12(15)9-14-13(16)11-6-4-3-5-7-11/h3-7,10H,8-9H2,1-2H3,(H,14,16). The number of Topliss-reactive ketones (excluding diaryl/α,β-unsaturated/α-hetero) is 1. The maximum absolute atomic E-state index is 11.6. The first kappa shape index (κ1) is 12.4. The van der Waals surface area contributed by atoms with Gasteiger partial charge in [0, 0.05) is 12.0 Å². The molecule has 3 nitrogen and oxygen atoms in total. The zero-order chi connectivity index (χ0) is 12.0. The van der Waals surface area contributed by atoms with Crippen LogP contribution >= 0.6 is 0 Å². The lowest BCUT2D eigenvalue weighted by Crippen LogP contribution is -2.29. The number of hydrogen-bond donors (Lipinski definition) is 1. The van der Waals surface area contributed by atoms with Gasteiger partial charge in [0.1, 0.15) is 0 Å². The third-order valence-corrected chi connectivity index (χ3v) is 2.12. The van der Waals surface area contributed by atoms with Crippen LogP contribution in [0.5, 0.6) is 0 Å². The van der Waals surface area contributed by atoms with Crippen LogP contribution in [-0.4, -0.2) is 18.2 Å². The molecule has 0 heterocycles. The number of benzene rings is 1. The van der Waals surface area contributed by atoms with Gasteiger partial charge in [-0.15, -0.1) is 0 Å². The summed E-state index contributed by atoms with van der Waals surface area (Å²) >= 11 is 0. The van der Waals surface area contributed by atoms with Gasteiger partial charge >= 0.3 is 0 Å². The van der Waals surface area contributed by atoms with Crippen molar-refractivity contribution in [2.75, 3.05) is 6.54 Å². The van der Waals surface area contributed by atoms with E-state index in [1.54, 1.807) is 24.3 Å². The molecular formula is C13H17NO2. The van der Waals surface area contributed by atoms with Gasteiger partial charge in [0.25, 0.3) is 5.91 Å². The summed E-state index contributed by atoms with van der Waals surface area (Å²) in [6, 6.07) is 8.89. The molecule has 0 fully saturated rings. The molecule has 0 saturated heterocycles. The molecule has 0 aliphatic rings. The fourth-order valence-corrected chi connectivity index (χ4v) is 1.40. The van der Waals surface area contributed by atoms with Gasteiger partial charge in [-0.05, 0) is 18.1 Å². The van der Waals surface area contributed by atoms with E-state index in [9.17, 15) is 9.59 Å². The molecule has 0 saturated carbocycles. The molecule has 0 bridgehead atoms. The summed E-state index contributed by atoms with van der Waals surface area (Å²) < 4.78 is 0. The van der Waals surface area contributed by atoms with E-state index in [1.165, 1.54) is 0 Å². The van der Waals surface area contributed by atoms with Gasteiger partial charge in [-0.25, -0.2) is 0 Å². The lowest BCUT2D eigenvalue weighted by Gasteiger charge is -2.06. The van der Waals surface area contributed by atoms with Gasteiger partial charge < -0.3 is 5.32 Å². The number of carbonyl (C=O) groups excluding carboxylic acids is 2. The minimum Gasteiger partial charge on any atom is -0.345 e. The van der Waals surface area contributed by atoms with E-state index < -0.39 is 0 Å². The molecule has 0 aliphatic carbocycles. The molecule has 1 amide bonds. The van der Waals surface area contributed by atoms with E-state index in [4.69, 9.17) is 0 Å². The van der Waals surface area contributed by atoms with E-state index in [0.29, 0.717) is 17.9 Å². The molecule has 3 heteroatoms. The largest absolute Gasteiger partial charge is 0.345 e. The first-order valence-electron chi connectivity index (χ1n) is 5.44. The van der Waals surface area contributed by atoms with Crippen molar-refractivity contribution in [3.8, 4) is 0 Å². The predicted molar refractivity (Wildman–Crippen MR) is 63.2 cm³/mol. The summed E-state index contributed by atoms with van der Waals surface area (Å²) in [6.07, 6.45) is 0.509. The second-order valence-corrected chi connectivity index (χ2v) is 4.19. The Bertz CT molecular complexity index is 357. The highest BCUT2D eigenvalue weighted by atomic mass is 16.2. The van der Waals surface area contributed by atoms with Crippen molar-refractivity contribution in [3.05, 3.63) is 35.9 Å². The molecule has 1 aromatic carbocycles. The molecular weight excluding hydrogens is 202 g/mol. The zero-order valence-corrected chi connectivity index (χ0v) is 9.69. The molecule has 0 spiro atoms. The van der Waals surface area contributed by atoms with Gasteiger partial charge in [-0.1, -0.05) is 32.0 Å². The molecule has 0 aromatic heterocycles. The highest BCUT2D eigenvalue weighted by Gasteiger charge is 2.08. The smallest absolute Gasteiger partial charge is 0.251 e. The topological polar surface area (TPSA) is 46.2 Å². The number of ketones is 1. The fourth-order valence-electron chi connectivity index (χ4n) is 1.40. The van der Waals surface area contributed by atoms with Crippen LogP contribution in [0.25, 0.3) is 0 Å².